The Kier molecular flexibility index (Phi) is 4.24. The molecule has 0 saturated heterocycles. The van der Waals surface area contributed by atoms with Gasteiger partial charge in [-0.3, -0.25) is 9.36 Å². The summed E-state index contributed by atoms with van der Waals surface area (Å²) >= 11 is 0. The minimum atomic E-state index is -0.838. The third kappa shape index (κ3) is 2.59. The summed E-state index contributed by atoms with van der Waals surface area (Å²) in [5, 5.41) is 0.426. The predicted molar refractivity (Wildman–Crippen MR) is 72.4 cm³/mol. The molecule has 0 saturated carbocycles. The maximum absolute atomic E-state index is 12.4. The summed E-state index contributed by atoms with van der Waals surface area (Å²) in [5.74, 6) is -0.564. The third-order valence-electron chi connectivity index (χ3n) is 3.06. The van der Waals surface area contributed by atoms with E-state index in [1.54, 1.807) is 24.3 Å². The number of aldehydes is 1. The highest BCUT2D eigenvalue weighted by atomic mass is 16.5. The first-order chi connectivity index (χ1) is 9.69. The first-order valence-corrected chi connectivity index (χ1v) is 6.16. The topological polar surface area (TPSA) is 78.3 Å². The van der Waals surface area contributed by atoms with Crippen LogP contribution < -0.4 is 5.56 Å². The first kappa shape index (κ1) is 13.9. The maximum atomic E-state index is 12.4. The molecule has 1 aromatic heterocycles. The second kappa shape index (κ2) is 6.10. The lowest BCUT2D eigenvalue weighted by Crippen LogP contribution is -2.31. The molecule has 20 heavy (non-hydrogen) atoms. The molecule has 1 heterocycles. The van der Waals surface area contributed by atoms with Crippen LogP contribution in [0.5, 0.6) is 0 Å². The van der Waals surface area contributed by atoms with Crippen LogP contribution in [0.4, 0.5) is 0 Å². The van der Waals surface area contributed by atoms with Crippen LogP contribution in [0.3, 0.4) is 0 Å². The minimum absolute atomic E-state index is 0.166. The highest BCUT2D eigenvalue weighted by Crippen LogP contribution is 2.14. The smallest absolute Gasteiger partial charge is 0.329 e. The number of fused-ring (bicyclic) bond motifs is 1. The summed E-state index contributed by atoms with van der Waals surface area (Å²) in [5.41, 5.74) is 0.240. The molecule has 104 valence electrons. The highest BCUT2D eigenvalue weighted by molar-refractivity contribution is 5.78. The van der Waals surface area contributed by atoms with E-state index in [4.69, 9.17) is 0 Å². The molecule has 0 radical (unpaired) electrons. The van der Waals surface area contributed by atoms with E-state index >= 15 is 0 Å². The molecule has 1 aromatic carbocycles. The van der Waals surface area contributed by atoms with Crippen molar-refractivity contribution in [3.63, 3.8) is 0 Å². The van der Waals surface area contributed by atoms with Crippen LogP contribution >= 0.6 is 0 Å². The quantitative estimate of drug-likeness (QED) is 0.602. The normalized spacial score (nSPS) is 12.1. The van der Waals surface area contributed by atoms with Gasteiger partial charge in [-0.1, -0.05) is 12.1 Å². The minimum Gasteiger partial charge on any atom is -0.467 e. The van der Waals surface area contributed by atoms with Crippen molar-refractivity contribution in [3.05, 3.63) is 40.9 Å². The van der Waals surface area contributed by atoms with Crippen molar-refractivity contribution in [3.8, 4) is 0 Å². The van der Waals surface area contributed by atoms with E-state index in [0.29, 0.717) is 17.2 Å². The predicted octanol–water partition coefficient (Wildman–Crippen LogP) is 1.09. The Morgan fingerprint density at radius 3 is 2.90 bits per heavy atom. The Morgan fingerprint density at radius 2 is 2.20 bits per heavy atom. The van der Waals surface area contributed by atoms with Gasteiger partial charge in [-0.25, -0.2) is 9.78 Å². The highest BCUT2D eigenvalue weighted by Gasteiger charge is 2.22. The van der Waals surface area contributed by atoms with Gasteiger partial charge in [0.25, 0.3) is 5.56 Å². The summed E-state index contributed by atoms with van der Waals surface area (Å²) < 4.78 is 5.91. The van der Waals surface area contributed by atoms with E-state index in [0.717, 1.165) is 0 Å². The Morgan fingerprint density at radius 1 is 1.45 bits per heavy atom. The molecule has 0 aliphatic heterocycles. The number of hydrogen-bond acceptors (Lipinski definition) is 5. The summed E-state index contributed by atoms with van der Waals surface area (Å²) in [7, 11) is 1.25. The van der Waals surface area contributed by atoms with Crippen molar-refractivity contribution in [2.45, 2.75) is 18.9 Å². The molecule has 0 aliphatic carbocycles. The summed E-state index contributed by atoms with van der Waals surface area (Å²) in [4.78, 5) is 38.8. The Labute approximate surface area is 115 Å². The van der Waals surface area contributed by atoms with Crippen LogP contribution in [0.2, 0.25) is 0 Å². The molecule has 0 fully saturated rings. The number of carbonyl (C=O) groups excluding carboxylic acids is 2. The molecule has 6 heteroatoms. The van der Waals surface area contributed by atoms with Crippen LogP contribution in [0, 0.1) is 0 Å². The van der Waals surface area contributed by atoms with E-state index in [1.807, 2.05) is 0 Å². The Balaban J connectivity index is 2.53. The van der Waals surface area contributed by atoms with Gasteiger partial charge in [-0.15, -0.1) is 0 Å². The standard InChI is InChI=1S/C14H14N2O4/c1-20-14(19)12(7-4-8-17)16-9-15-11-6-3-2-5-10(11)13(16)18/h2-3,5-6,8-9,12H,4,7H2,1H3/t12-/m1/s1. The number of nitrogens with zero attached hydrogens (tertiary/aromatic N) is 2. The molecule has 2 aromatic rings. The molecule has 6 nitrogen and oxygen atoms in total. The van der Waals surface area contributed by atoms with Crippen LogP contribution in [0.1, 0.15) is 18.9 Å². The molecule has 1 atom stereocenters. The maximum Gasteiger partial charge on any atom is 0.329 e. The second-order valence-electron chi connectivity index (χ2n) is 4.26. The lowest BCUT2D eigenvalue weighted by molar-refractivity contribution is -0.144. The third-order valence-corrected chi connectivity index (χ3v) is 3.06. The fourth-order valence-corrected chi connectivity index (χ4v) is 2.04. The van der Waals surface area contributed by atoms with E-state index in [-0.39, 0.29) is 18.4 Å². The summed E-state index contributed by atoms with van der Waals surface area (Å²) in [6.45, 7) is 0. The van der Waals surface area contributed by atoms with Crippen molar-refractivity contribution < 1.29 is 14.3 Å². The fourth-order valence-electron chi connectivity index (χ4n) is 2.04. The zero-order valence-corrected chi connectivity index (χ0v) is 11.0. The van der Waals surface area contributed by atoms with Crippen LogP contribution in [-0.2, 0) is 14.3 Å². The average Bonchev–Trinajstić information content (AvgIpc) is 2.49. The SMILES string of the molecule is COC(=O)[C@@H](CCC=O)n1cnc2ccccc2c1=O. The van der Waals surface area contributed by atoms with E-state index in [9.17, 15) is 14.4 Å². The lowest BCUT2D eigenvalue weighted by Gasteiger charge is -2.16. The molecule has 0 amide bonds. The van der Waals surface area contributed by atoms with Gasteiger partial charge in [0, 0.05) is 6.42 Å². The second-order valence-corrected chi connectivity index (χ2v) is 4.26. The van der Waals surface area contributed by atoms with E-state index in [1.165, 1.54) is 18.0 Å². The van der Waals surface area contributed by atoms with Gasteiger partial charge in [-0.2, -0.15) is 0 Å². The number of hydrogen-bond donors (Lipinski definition) is 0. The molecular weight excluding hydrogens is 260 g/mol. The number of rotatable bonds is 5. The molecule has 0 unspecified atom stereocenters. The van der Waals surface area contributed by atoms with Crippen molar-refractivity contribution in [1.82, 2.24) is 9.55 Å². The summed E-state index contributed by atoms with van der Waals surface area (Å²) in [6, 6.07) is 6.04. The number of carbonyl (C=O) groups is 2. The van der Waals surface area contributed by atoms with Gasteiger partial charge >= 0.3 is 5.97 Å². The van der Waals surface area contributed by atoms with Crippen molar-refractivity contribution in [2.75, 3.05) is 7.11 Å². The van der Waals surface area contributed by atoms with Gasteiger partial charge in [0.1, 0.15) is 12.3 Å². The van der Waals surface area contributed by atoms with Crippen LogP contribution in [0.15, 0.2) is 35.4 Å². The average molecular weight is 274 g/mol. The number of benzene rings is 1. The molecule has 2 rings (SSSR count). The molecule has 0 N–H and O–H groups in total. The Hall–Kier alpha value is -2.50. The van der Waals surface area contributed by atoms with Crippen molar-refractivity contribution in [1.29, 1.82) is 0 Å². The lowest BCUT2D eigenvalue weighted by atomic mass is 10.1. The van der Waals surface area contributed by atoms with Gasteiger partial charge in [-0.05, 0) is 18.6 Å². The molecular formula is C14H14N2O4. The van der Waals surface area contributed by atoms with Crippen molar-refractivity contribution >= 4 is 23.2 Å². The van der Waals surface area contributed by atoms with Gasteiger partial charge in [0.15, 0.2) is 0 Å². The largest absolute Gasteiger partial charge is 0.467 e. The molecule has 0 bridgehead atoms. The zero-order chi connectivity index (χ0) is 14.5. The van der Waals surface area contributed by atoms with Gasteiger partial charge < -0.3 is 9.53 Å². The number of methoxy groups -OCH3 is 1. The number of aromatic nitrogens is 2. The number of para-hydroxylation sites is 1. The number of esters is 1. The first-order valence-electron chi connectivity index (χ1n) is 6.16. The molecule has 0 spiro atoms. The van der Waals surface area contributed by atoms with Crippen LogP contribution in [0.25, 0.3) is 10.9 Å². The molecule has 0 aliphatic rings. The fraction of sp³-hybridized carbons (Fsp3) is 0.286. The summed E-state index contributed by atoms with van der Waals surface area (Å²) in [6.07, 6.45) is 2.39. The number of ether oxygens (including phenoxy) is 1. The van der Waals surface area contributed by atoms with E-state index < -0.39 is 12.0 Å². The van der Waals surface area contributed by atoms with Gasteiger partial charge in [0.2, 0.25) is 0 Å². The monoisotopic (exact) mass is 274 g/mol. The van der Waals surface area contributed by atoms with E-state index in [2.05, 4.69) is 9.72 Å². The van der Waals surface area contributed by atoms with Crippen molar-refractivity contribution in [2.24, 2.45) is 0 Å². The van der Waals surface area contributed by atoms with Gasteiger partial charge in [0.05, 0.1) is 24.3 Å². The van der Waals surface area contributed by atoms with Crippen LogP contribution in [-0.4, -0.2) is 28.9 Å². The Bertz CT molecular complexity index is 693. The zero-order valence-electron chi connectivity index (χ0n) is 11.0.